The van der Waals surface area contributed by atoms with Gasteiger partial charge < -0.3 is 14.9 Å². The summed E-state index contributed by atoms with van der Waals surface area (Å²) >= 11 is 6.01. The normalized spacial score (nSPS) is 10.8. The van der Waals surface area contributed by atoms with Crippen LogP contribution in [0.4, 0.5) is 5.82 Å². The van der Waals surface area contributed by atoms with E-state index in [1.165, 1.54) is 4.68 Å². The fourth-order valence-corrected chi connectivity index (χ4v) is 2.42. The van der Waals surface area contributed by atoms with E-state index in [-0.39, 0.29) is 18.8 Å². The summed E-state index contributed by atoms with van der Waals surface area (Å²) in [6.07, 6.45) is 0. The largest absolute Gasteiger partial charge is 0.394 e. The molecule has 0 aliphatic heterocycles. The Hall–Kier alpha value is -2.64. The lowest BCUT2D eigenvalue weighted by Gasteiger charge is -2.05. The number of hydrogen-bond acceptors (Lipinski definition) is 5. The molecule has 24 heavy (non-hydrogen) atoms. The van der Waals surface area contributed by atoms with Gasteiger partial charge in [0.15, 0.2) is 5.69 Å². The zero-order valence-corrected chi connectivity index (χ0v) is 13.6. The molecule has 0 aliphatic carbocycles. The molecule has 0 unspecified atom stereocenters. The van der Waals surface area contributed by atoms with Crippen LogP contribution in [0.5, 0.6) is 0 Å². The molecular weight excluding hydrogens is 332 g/mol. The summed E-state index contributed by atoms with van der Waals surface area (Å²) in [6, 6.07) is 10.5. The monoisotopic (exact) mass is 346 g/mol. The third kappa shape index (κ3) is 3.47. The van der Waals surface area contributed by atoms with Gasteiger partial charge in [-0.15, -0.1) is 0 Å². The Morgan fingerprint density at radius 2 is 2.21 bits per heavy atom. The van der Waals surface area contributed by atoms with E-state index in [9.17, 15) is 9.90 Å². The summed E-state index contributed by atoms with van der Waals surface area (Å²) in [5.74, 6) is 0.580. The first kappa shape index (κ1) is 16.2. The van der Waals surface area contributed by atoms with Crippen molar-refractivity contribution in [2.45, 2.75) is 13.5 Å². The van der Waals surface area contributed by atoms with E-state index in [0.717, 1.165) is 5.56 Å². The van der Waals surface area contributed by atoms with Crippen molar-refractivity contribution in [1.82, 2.24) is 14.9 Å². The molecule has 1 amide bonds. The van der Waals surface area contributed by atoms with Crippen molar-refractivity contribution in [1.29, 1.82) is 0 Å². The van der Waals surface area contributed by atoms with Crippen LogP contribution in [0.3, 0.4) is 0 Å². The summed E-state index contributed by atoms with van der Waals surface area (Å²) in [5, 5.41) is 20.6. The van der Waals surface area contributed by atoms with Crippen LogP contribution >= 0.6 is 11.6 Å². The van der Waals surface area contributed by atoms with E-state index in [1.807, 2.05) is 12.1 Å². The maximum Gasteiger partial charge on any atom is 0.278 e. The Kier molecular flexibility index (Phi) is 4.64. The number of carbonyl (C=O) groups excluding carboxylic acids is 1. The number of aromatic nitrogens is 3. The van der Waals surface area contributed by atoms with E-state index in [0.29, 0.717) is 22.3 Å². The maximum absolute atomic E-state index is 12.2. The lowest BCUT2D eigenvalue weighted by atomic mass is 10.1. The Labute approximate surface area is 142 Å². The highest BCUT2D eigenvalue weighted by Gasteiger charge is 2.16. The summed E-state index contributed by atoms with van der Waals surface area (Å²) in [6.45, 7) is 1.84. The van der Waals surface area contributed by atoms with Crippen LogP contribution in [0, 0.1) is 6.92 Å². The molecule has 124 valence electrons. The van der Waals surface area contributed by atoms with Crippen LogP contribution in [0.1, 0.15) is 16.2 Å². The van der Waals surface area contributed by atoms with Crippen molar-refractivity contribution in [3.63, 3.8) is 0 Å². The number of rotatable bonds is 5. The van der Waals surface area contributed by atoms with Crippen LogP contribution in [0.25, 0.3) is 11.3 Å². The van der Waals surface area contributed by atoms with Gasteiger partial charge in [0.1, 0.15) is 11.6 Å². The Morgan fingerprint density at radius 1 is 1.38 bits per heavy atom. The minimum Gasteiger partial charge on any atom is -0.394 e. The molecule has 3 rings (SSSR count). The van der Waals surface area contributed by atoms with Crippen LogP contribution in [0.15, 0.2) is 40.9 Å². The number of nitrogens with zero attached hydrogens (tertiary/aromatic N) is 3. The van der Waals surface area contributed by atoms with Crippen molar-refractivity contribution >= 4 is 23.3 Å². The lowest BCUT2D eigenvalue weighted by Crippen LogP contribution is -2.17. The molecule has 0 aliphatic rings. The number of aliphatic hydroxyl groups is 1. The first-order chi connectivity index (χ1) is 11.6. The zero-order valence-electron chi connectivity index (χ0n) is 12.9. The predicted molar refractivity (Wildman–Crippen MR) is 89.0 cm³/mol. The molecular formula is C16H15ClN4O3. The maximum atomic E-state index is 12.2. The number of amides is 1. The number of nitrogens with one attached hydrogen (secondary N) is 1. The van der Waals surface area contributed by atoms with Gasteiger partial charge in [0.2, 0.25) is 0 Å². The van der Waals surface area contributed by atoms with E-state index < -0.39 is 5.91 Å². The second-order valence-electron chi connectivity index (χ2n) is 5.15. The Bertz CT molecular complexity index is 872. The minimum atomic E-state index is -0.413. The number of carbonyl (C=O) groups is 1. The van der Waals surface area contributed by atoms with Gasteiger partial charge >= 0.3 is 0 Å². The molecule has 1 aromatic carbocycles. The zero-order chi connectivity index (χ0) is 17.1. The Balaban J connectivity index is 1.90. The molecule has 2 N–H and O–H groups in total. The third-order valence-corrected chi connectivity index (χ3v) is 3.55. The third-order valence-electron chi connectivity index (χ3n) is 3.31. The van der Waals surface area contributed by atoms with E-state index >= 15 is 0 Å². The van der Waals surface area contributed by atoms with Gasteiger partial charge in [-0.1, -0.05) is 28.9 Å². The summed E-state index contributed by atoms with van der Waals surface area (Å²) in [5.41, 5.74) is 1.62. The molecule has 0 spiro atoms. The highest BCUT2D eigenvalue weighted by atomic mass is 35.5. The quantitative estimate of drug-likeness (QED) is 0.741. The molecule has 3 aromatic rings. The van der Waals surface area contributed by atoms with Gasteiger partial charge in [-0.25, -0.2) is 4.68 Å². The fraction of sp³-hybridized carbons (Fsp3) is 0.188. The Morgan fingerprint density at radius 3 is 2.88 bits per heavy atom. The molecule has 0 radical (unpaired) electrons. The number of anilines is 1. The summed E-state index contributed by atoms with van der Waals surface area (Å²) in [4.78, 5) is 12.2. The van der Waals surface area contributed by atoms with Gasteiger partial charge in [0.25, 0.3) is 5.91 Å². The molecule has 2 aromatic heterocycles. The average molecular weight is 347 g/mol. The molecule has 0 saturated heterocycles. The van der Waals surface area contributed by atoms with Crippen LogP contribution < -0.4 is 5.32 Å². The molecule has 0 bridgehead atoms. The topological polar surface area (TPSA) is 93.2 Å². The molecule has 7 nitrogen and oxygen atoms in total. The number of aryl methyl sites for hydroxylation is 1. The van der Waals surface area contributed by atoms with Gasteiger partial charge in [0.05, 0.1) is 18.8 Å². The molecule has 2 heterocycles. The van der Waals surface area contributed by atoms with Crippen molar-refractivity contribution < 1.29 is 14.4 Å². The SMILES string of the molecule is Cc1cc(C(=O)Nc2cc(-c3cccc(Cl)c3)nn2CCO)no1. The second kappa shape index (κ2) is 6.86. The highest BCUT2D eigenvalue weighted by molar-refractivity contribution is 6.30. The first-order valence-electron chi connectivity index (χ1n) is 7.26. The van der Waals surface area contributed by atoms with E-state index in [1.54, 1.807) is 31.2 Å². The molecule has 0 saturated carbocycles. The van der Waals surface area contributed by atoms with Gasteiger partial charge in [0, 0.05) is 22.7 Å². The summed E-state index contributed by atoms with van der Waals surface area (Å²) < 4.78 is 6.42. The average Bonchev–Trinajstić information content (AvgIpc) is 3.15. The first-order valence-corrected chi connectivity index (χ1v) is 7.64. The van der Waals surface area contributed by atoms with Crippen molar-refractivity contribution in [2.24, 2.45) is 0 Å². The second-order valence-corrected chi connectivity index (χ2v) is 5.59. The number of hydrogen-bond donors (Lipinski definition) is 2. The lowest BCUT2D eigenvalue weighted by molar-refractivity contribution is 0.101. The highest BCUT2D eigenvalue weighted by Crippen LogP contribution is 2.24. The number of benzene rings is 1. The van der Waals surface area contributed by atoms with E-state index in [2.05, 4.69) is 15.6 Å². The van der Waals surface area contributed by atoms with Gasteiger partial charge in [-0.05, 0) is 19.1 Å². The predicted octanol–water partition coefficient (Wildman–Crippen LogP) is 2.74. The standard InChI is InChI=1S/C16H15ClN4O3/c1-10-7-14(20-24-10)16(23)18-15-9-13(19-21(15)5-6-22)11-3-2-4-12(17)8-11/h2-4,7-9,22H,5-6H2,1H3,(H,18,23). The van der Waals surface area contributed by atoms with Gasteiger partial charge in [-0.2, -0.15) is 5.10 Å². The fourth-order valence-electron chi connectivity index (χ4n) is 2.23. The number of halogens is 1. The summed E-state index contributed by atoms with van der Waals surface area (Å²) in [7, 11) is 0. The van der Waals surface area contributed by atoms with Crippen molar-refractivity contribution in [3.8, 4) is 11.3 Å². The van der Waals surface area contributed by atoms with Crippen LogP contribution in [0.2, 0.25) is 5.02 Å². The molecule has 0 atom stereocenters. The molecule has 0 fully saturated rings. The van der Waals surface area contributed by atoms with Crippen molar-refractivity contribution in [2.75, 3.05) is 11.9 Å². The van der Waals surface area contributed by atoms with E-state index in [4.69, 9.17) is 16.1 Å². The molecule has 8 heteroatoms. The number of aliphatic hydroxyl groups excluding tert-OH is 1. The smallest absolute Gasteiger partial charge is 0.278 e. The minimum absolute atomic E-state index is 0.109. The van der Waals surface area contributed by atoms with Crippen LogP contribution in [-0.2, 0) is 6.54 Å². The van der Waals surface area contributed by atoms with Crippen LogP contribution in [-0.4, -0.2) is 32.6 Å². The van der Waals surface area contributed by atoms with Gasteiger partial charge in [-0.3, -0.25) is 4.79 Å². The van der Waals surface area contributed by atoms with Crippen molar-refractivity contribution in [3.05, 3.63) is 52.9 Å².